The second-order valence-electron chi connectivity index (χ2n) is 13.2. The summed E-state index contributed by atoms with van der Waals surface area (Å²) in [5.41, 5.74) is 5.75. The number of phenolic OH excluding ortho intramolecular Hbond substituents is 1. The summed E-state index contributed by atoms with van der Waals surface area (Å²) in [6.07, 6.45) is 7.86. The molecule has 1 unspecified atom stereocenters. The van der Waals surface area contributed by atoms with Crippen molar-refractivity contribution in [1.82, 2.24) is 24.8 Å². The third kappa shape index (κ3) is 5.83. The molecule has 3 aromatic heterocycles. The topological polar surface area (TPSA) is 132 Å². The second-order valence-corrected chi connectivity index (χ2v) is 13.2. The van der Waals surface area contributed by atoms with Crippen LogP contribution in [-0.2, 0) is 0 Å². The van der Waals surface area contributed by atoms with E-state index in [1.165, 1.54) is 24.3 Å². The van der Waals surface area contributed by atoms with Gasteiger partial charge < -0.3 is 25.6 Å². The van der Waals surface area contributed by atoms with Gasteiger partial charge in [0.2, 0.25) is 5.88 Å². The summed E-state index contributed by atoms with van der Waals surface area (Å²) in [5, 5.41) is 14.6. The number of nitrogens with two attached hydrogens (primary N) is 1. The van der Waals surface area contributed by atoms with Crippen LogP contribution < -0.4 is 20.5 Å². The lowest BCUT2D eigenvalue weighted by molar-refractivity contribution is 0.107. The van der Waals surface area contributed by atoms with Gasteiger partial charge in [-0.15, -0.1) is 6.42 Å². The van der Waals surface area contributed by atoms with Gasteiger partial charge in [0.25, 0.3) is 0 Å². The number of alkyl halides is 1. The number of phenols is 1. The maximum atomic E-state index is 17.2. The first-order chi connectivity index (χ1) is 24.0. The first kappa shape index (κ1) is 33.2. The molecule has 0 spiro atoms. The highest BCUT2D eigenvalue weighted by Gasteiger charge is 2.49. The third-order valence-electron chi connectivity index (χ3n) is 9.45. The molecule has 258 valence electrons. The van der Waals surface area contributed by atoms with Crippen LogP contribution in [0.4, 0.5) is 24.8 Å². The van der Waals surface area contributed by atoms with Gasteiger partial charge in [0, 0.05) is 35.7 Å². The van der Waals surface area contributed by atoms with Crippen molar-refractivity contribution in [3.05, 3.63) is 65.4 Å². The molecule has 0 amide bonds. The van der Waals surface area contributed by atoms with Crippen molar-refractivity contribution >= 4 is 33.3 Å². The zero-order valence-corrected chi connectivity index (χ0v) is 27.8. The van der Waals surface area contributed by atoms with Gasteiger partial charge in [0.15, 0.2) is 5.82 Å². The summed E-state index contributed by atoms with van der Waals surface area (Å²) < 4.78 is 59.1. The normalized spacial score (nSPS) is 19.5. The van der Waals surface area contributed by atoms with Crippen LogP contribution >= 0.6 is 0 Å². The van der Waals surface area contributed by atoms with Crippen molar-refractivity contribution < 1.29 is 27.8 Å². The highest BCUT2D eigenvalue weighted by molar-refractivity contribution is 6.04. The summed E-state index contributed by atoms with van der Waals surface area (Å²) in [5.74, 6) is 0.943. The molecular formula is C37H36F3N7O3. The quantitative estimate of drug-likeness (QED) is 0.144. The number of benzene rings is 2. The standard InChI is InChI=1S/C37H36F3N7O3/c1-5-24-27(39)10-9-21-14-23(48)15-26(28(21)24)31-30(40)32-29(35(44-31)50-19(2)3)34(43-20(4)25-8-6-12-42-33(25)41)46-36(45-32)49-18-37-11-7-13-47(37)17-22(38)16-37/h1,6,8-10,12,14-15,19-20,22,48H,7,11,13,16-18H2,2-4H3,(H2,41,42)(H,43,45,46)/t20?,22-,37+/m1/s1. The van der Waals surface area contributed by atoms with Gasteiger partial charge >= 0.3 is 6.01 Å². The van der Waals surface area contributed by atoms with Crippen LogP contribution in [0.1, 0.15) is 57.2 Å². The zero-order chi connectivity index (χ0) is 35.3. The summed E-state index contributed by atoms with van der Waals surface area (Å²) >= 11 is 0. The molecule has 7 rings (SSSR count). The molecule has 0 aliphatic carbocycles. The molecule has 5 heterocycles. The Hall–Kier alpha value is -5.35. The maximum absolute atomic E-state index is 17.2. The Bertz CT molecular complexity index is 2180. The van der Waals surface area contributed by atoms with Crippen LogP contribution in [0.2, 0.25) is 0 Å². The number of aromatic hydroxyl groups is 1. The highest BCUT2D eigenvalue weighted by Crippen LogP contribution is 2.43. The lowest BCUT2D eigenvalue weighted by Crippen LogP contribution is -2.43. The van der Waals surface area contributed by atoms with E-state index in [0.717, 1.165) is 19.4 Å². The van der Waals surface area contributed by atoms with E-state index in [0.29, 0.717) is 29.7 Å². The smallest absolute Gasteiger partial charge is 0.319 e. The molecule has 2 aromatic carbocycles. The minimum absolute atomic E-state index is 0.0291. The minimum atomic E-state index is -0.976. The Morgan fingerprint density at radius 1 is 1.16 bits per heavy atom. The van der Waals surface area contributed by atoms with E-state index in [-0.39, 0.29) is 63.2 Å². The molecule has 0 bridgehead atoms. The van der Waals surface area contributed by atoms with E-state index in [1.807, 2.05) is 6.92 Å². The Morgan fingerprint density at radius 2 is 1.98 bits per heavy atom. The highest BCUT2D eigenvalue weighted by atomic mass is 19.1. The molecule has 2 aliphatic rings. The Kier molecular flexibility index (Phi) is 8.51. The SMILES string of the molecule is C#Cc1c(F)ccc2cc(O)cc(-c3nc(OC(C)C)c4c(NC(C)c5cccnc5N)nc(OC[C@@]56CCCN5C[C@H](F)C6)nc4c3F)c12. The number of nitrogens with one attached hydrogen (secondary N) is 1. The molecule has 4 N–H and O–H groups in total. The number of hydrogen-bond acceptors (Lipinski definition) is 10. The zero-order valence-electron chi connectivity index (χ0n) is 27.8. The van der Waals surface area contributed by atoms with Gasteiger partial charge in [-0.25, -0.2) is 23.1 Å². The average Bonchev–Trinajstić information content (AvgIpc) is 3.60. The predicted octanol–water partition coefficient (Wildman–Crippen LogP) is 6.70. The molecule has 0 saturated carbocycles. The summed E-state index contributed by atoms with van der Waals surface area (Å²) in [7, 11) is 0. The van der Waals surface area contributed by atoms with Crippen molar-refractivity contribution in [3.8, 4) is 41.2 Å². The molecule has 10 nitrogen and oxygen atoms in total. The minimum Gasteiger partial charge on any atom is -0.508 e. The lowest BCUT2D eigenvalue weighted by atomic mass is 9.95. The number of terminal acetylenes is 1. The molecule has 2 saturated heterocycles. The van der Waals surface area contributed by atoms with Crippen LogP contribution in [-0.4, -0.2) is 67.5 Å². The van der Waals surface area contributed by atoms with E-state index in [9.17, 15) is 9.50 Å². The number of hydrogen-bond donors (Lipinski definition) is 3. The van der Waals surface area contributed by atoms with Crippen LogP contribution in [0.15, 0.2) is 42.6 Å². The van der Waals surface area contributed by atoms with E-state index in [1.54, 1.807) is 32.2 Å². The van der Waals surface area contributed by atoms with E-state index < -0.39 is 35.5 Å². The van der Waals surface area contributed by atoms with Crippen LogP contribution in [0, 0.1) is 24.0 Å². The Labute approximate surface area is 286 Å². The fraction of sp³-hybridized carbons (Fsp3) is 0.351. The molecule has 2 fully saturated rings. The predicted molar refractivity (Wildman–Crippen MR) is 185 cm³/mol. The summed E-state index contributed by atoms with van der Waals surface area (Å²) in [6.45, 7) is 6.59. The summed E-state index contributed by atoms with van der Waals surface area (Å²) in [6, 6.07) is 8.22. The monoisotopic (exact) mass is 683 g/mol. The first-order valence-electron chi connectivity index (χ1n) is 16.5. The number of aromatic nitrogens is 4. The second kappa shape index (κ2) is 12.8. The average molecular weight is 684 g/mol. The number of fused-ring (bicyclic) bond motifs is 3. The van der Waals surface area contributed by atoms with Gasteiger partial charge in [0.05, 0.1) is 23.2 Å². The number of pyridine rings is 2. The number of ether oxygens (including phenoxy) is 2. The van der Waals surface area contributed by atoms with Crippen LogP contribution in [0.25, 0.3) is 32.9 Å². The maximum Gasteiger partial charge on any atom is 0.319 e. The molecule has 3 atom stereocenters. The number of nitrogens with zero attached hydrogens (tertiary/aromatic N) is 5. The van der Waals surface area contributed by atoms with Crippen molar-refractivity contribution in [2.75, 3.05) is 30.7 Å². The van der Waals surface area contributed by atoms with Crippen molar-refractivity contribution in [3.63, 3.8) is 0 Å². The van der Waals surface area contributed by atoms with E-state index in [2.05, 4.69) is 36.1 Å². The fourth-order valence-electron chi connectivity index (χ4n) is 7.26. The molecule has 2 aliphatic heterocycles. The van der Waals surface area contributed by atoms with Crippen molar-refractivity contribution in [2.24, 2.45) is 0 Å². The van der Waals surface area contributed by atoms with Crippen molar-refractivity contribution in [1.29, 1.82) is 0 Å². The largest absolute Gasteiger partial charge is 0.508 e. The molecule has 0 radical (unpaired) electrons. The summed E-state index contributed by atoms with van der Waals surface area (Å²) in [4.78, 5) is 20.1. The van der Waals surface area contributed by atoms with Crippen molar-refractivity contribution in [2.45, 2.75) is 63.9 Å². The van der Waals surface area contributed by atoms with Gasteiger partial charge in [-0.2, -0.15) is 9.97 Å². The van der Waals surface area contributed by atoms with E-state index in [4.69, 9.17) is 21.6 Å². The first-order valence-corrected chi connectivity index (χ1v) is 16.5. The Balaban J connectivity index is 1.45. The molecule has 13 heteroatoms. The number of halogens is 3. The third-order valence-corrected chi connectivity index (χ3v) is 9.45. The lowest BCUT2D eigenvalue weighted by Gasteiger charge is -2.31. The fourth-order valence-corrected chi connectivity index (χ4v) is 7.26. The van der Waals surface area contributed by atoms with E-state index >= 15 is 8.78 Å². The van der Waals surface area contributed by atoms with Gasteiger partial charge in [-0.1, -0.05) is 18.1 Å². The number of anilines is 2. The van der Waals surface area contributed by atoms with Gasteiger partial charge in [-0.05, 0) is 69.8 Å². The molecular weight excluding hydrogens is 647 g/mol. The number of nitrogen functional groups attached to an aromatic ring is 1. The van der Waals surface area contributed by atoms with Gasteiger partial charge in [-0.3, -0.25) is 4.90 Å². The van der Waals surface area contributed by atoms with Crippen LogP contribution in [0.3, 0.4) is 0 Å². The Morgan fingerprint density at radius 3 is 2.74 bits per heavy atom. The number of rotatable bonds is 9. The molecule has 5 aromatic rings. The molecule has 50 heavy (non-hydrogen) atoms. The van der Waals surface area contributed by atoms with Gasteiger partial charge in [0.1, 0.15) is 52.6 Å². The van der Waals surface area contributed by atoms with Crippen LogP contribution in [0.5, 0.6) is 17.6 Å².